The van der Waals surface area contributed by atoms with Crippen LogP contribution in [0.3, 0.4) is 0 Å². The van der Waals surface area contributed by atoms with Crippen molar-refractivity contribution >= 4 is 43.4 Å². The summed E-state index contributed by atoms with van der Waals surface area (Å²) >= 11 is 0. The van der Waals surface area contributed by atoms with E-state index < -0.39 is 0 Å². The molecule has 0 aliphatic rings. The van der Waals surface area contributed by atoms with Gasteiger partial charge in [0.25, 0.3) is 0 Å². The molecule has 0 fully saturated rings. The highest BCUT2D eigenvalue weighted by Crippen LogP contribution is 2.38. The van der Waals surface area contributed by atoms with Crippen LogP contribution in [-0.4, -0.2) is 4.98 Å². The van der Waals surface area contributed by atoms with Crippen LogP contribution in [0.1, 0.15) is 22.6 Å². The molecule has 0 saturated heterocycles. The van der Waals surface area contributed by atoms with E-state index in [2.05, 4.69) is 158 Å². The van der Waals surface area contributed by atoms with Gasteiger partial charge in [0.15, 0.2) is 5.58 Å². The Bertz CT molecular complexity index is 2870. The number of rotatable bonds is 6. The van der Waals surface area contributed by atoms with Crippen LogP contribution in [0.25, 0.3) is 77.1 Å². The Kier molecular flexibility index (Phi) is 7.25. The first-order chi connectivity index (χ1) is 25.7. The number of nitrogens with zero attached hydrogens (tertiary/aromatic N) is 1. The van der Waals surface area contributed by atoms with Crippen LogP contribution >= 0.6 is 0 Å². The van der Waals surface area contributed by atoms with Gasteiger partial charge >= 0.3 is 0 Å². The molecule has 9 aromatic carbocycles. The summed E-state index contributed by atoms with van der Waals surface area (Å²) in [5.41, 5.74) is 11.3. The van der Waals surface area contributed by atoms with Gasteiger partial charge in [0.1, 0.15) is 5.52 Å². The summed E-state index contributed by atoms with van der Waals surface area (Å²) in [5.74, 6) is 0.739. The second-order valence-corrected chi connectivity index (χ2v) is 13.5. The van der Waals surface area contributed by atoms with Gasteiger partial charge in [0, 0.05) is 16.9 Å². The second kappa shape index (κ2) is 12.5. The van der Waals surface area contributed by atoms with Gasteiger partial charge in [-0.25, -0.2) is 4.98 Å². The van der Waals surface area contributed by atoms with E-state index in [1.807, 2.05) is 36.4 Å². The van der Waals surface area contributed by atoms with Crippen LogP contribution in [-0.2, 0) is 0 Å². The van der Waals surface area contributed by atoms with Gasteiger partial charge < -0.3 is 4.42 Å². The van der Waals surface area contributed by atoms with E-state index in [4.69, 9.17) is 9.40 Å². The quantitative estimate of drug-likeness (QED) is 0.131. The number of hydrogen-bond donors (Lipinski definition) is 0. The van der Waals surface area contributed by atoms with Gasteiger partial charge in [-0.05, 0) is 90.1 Å². The lowest BCUT2D eigenvalue weighted by atomic mass is 9.83. The fraction of sp³-hybridized carbons (Fsp3) is 0.0200. The molecule has 0 aliphatic carbocycles. The fourth-order valence-corrected chi connectivity index (χ4v) is 7.75. The fourth-order valence-electron chi connectivity index (χ4n) is 7.75. The smallest absolute Gasteiger partial charge is 0.227 e. The minimum atomic E-state index is 0.0945. The normalized spacial score (nSPS) is 12.2. The summed E-state index contributed by atoms with van der Waals surface area (Å²) in [6.45, 7) is 0. The number of hydrogen-bond acceptors (Lipinski definition) is 2. The van der Waals surface area contributed by atoms with Crippen molar-refractivity contribution in [2.45, 2.75) is 5.92 Å². The van der Waals surface area contributed by atoms with Crippen molar-refractivity contribution in [3.05, 3.63) is 211 Å². The maximum absolute atomic E-state index is 6.23. The lowest BCUT2D eigenvalue weighted by molar-refractivity contribution is 0.620. The van der Waals surface area contributed by atoms with Crippen LogP contribution in [0.4, 0.5) is 0 Å². The molecular weight excluding hydrogens is 631 g/mol. The molecule has 0 N–H and O–H groups in total. The molecular formula is C50H33NO. The first-order valence-corrected chi connectivity index (χ1v) is 17.8. The highest BCUT2D eigenvalue weighted by atomic mass is 16.3. The molecule has 1 aromatic heterocycles. The van der Waals surface area contributed by atoms with E-state index in [0.29, 0.717) is 5.89 Å². The zero-order chi connectivity index (χ0) is 34.4. The molecule has 10 aromatic rings. The van der Waals surface area contributed by atoms with Crippen molar-refractivity contribution in [3.8, 4) is 33.7 Å². The summed E-state index contributed by atoms with van der Waals surface area (Å²) in [6, 6.07) is 69.7. The monoisotopic (exact) mass is 663 g/mol. The first-order valence-electron chi connectivity index (χ1n) is 17.8. The largest absolute Gasteiger partial charge is 0.436 e. The minimum Gasteiger partial charge on any atom is -0.436 e. The standard InChI is InChI=1S/C50H33NO/c1-3-9-33(10-4-1)35-15-20-37(21-16-35)47(44-26-19-34-11-7-8-14-41(34)32-44)38-22-17-36(18-23-38)42-27-29-45-43(31-42)25-24-39-28-30-46-49(48(39)45)51-50(52-46)40-12-5-2-6-13-40/h1-32,47H. The van der Waals surface area contributed by atoms with Gasteiger partial charge in [-0.3, -0.25) is 0 Å². The van der Waals surface area contributed by atoms with Crippen LogP contribution in [0.15, 0.2) is 199 Å². The van der Waals surface area contributed by atoms with E-state index in [1.165, 1.54) is 60.5 Å². The molecule has 0 amide bonds. The summed E-state index contributed by atoms with van der Waals surface area (Å²) in [4.78, 5) is 4.99. The first kappa shape index (κ1) is 30.1. The highest BCUT2D eigenvalue weighted by Gasteiger charge is 2.19. The Morgan fingerprint density at radius 2 is 0.904 bits per heavy atom. The van der Waals surface area contributed by atoms with Crippen LogP contribution in [0.2, 0.25) is 0 Å². The van der Waals surface area contributed by atoms with Crippen LogP contribution in [0.5, 0.6) is 0 Å². The average Bonchev–Trinajstić information content (AvgIpc) is 3.67. The molecule has 0 radical (unpaired) electrons. The van der Waals surface area contributed by atoms with Gasteiger partial charge in [0.05, 0.1) is 0 Å². The van der Waals surface area contributed by atoms with Crippen molar-refractivity contribution in [2.24, 2.45) is 0 Å². The Labute approximate surface area is 302 Å². The van der Waals surface area contributed by atoms with Gasteiger partial charge in [0.2, 0.25) is 5.89 Å². The SMILES string of the molecule is c1ccc(-c2ccc(C(c3ccc(-c4ccc5c(ccc6ccc7oc(-c8ccccc8)nc7c65)c4)cc3)c3ccc4ccccc4c3)cc2)cc1. The summed E-state index contributed by atoms with van der Waals surface area (Å²) in [5, 5.41) is 7.14. The van der Waals surface area contributed by atoms with Gasteiger partial charge in [-0.2, -0.15) is 0 Å². The third kappa shape index (κ3) is 5.33. The predicted molar refractivity (Wildman–Crippen MR) is 217 cm³/mol. The molecule has 2 heteroatoms. The zero-order valence-corrected chi connectivity index (χ0v) is 28.4. The van der Waals surface area contributed by atoms with E-state index in [1.54, 1.807) is 0 Å². The molecule has 1 unspecified atom stereocenters. The van der Waals surface area contributed by atoms with E-state index in [9.17, 15) is 0 Å². The minimum absolute atomic E-state index is 0.0945. The maximum atomic E-state index is 6.23. The average molecular weight is 664 g/mol. The number of benzene rings is 9. The molecule has 0 saturated carbocycles. The summed E-state index contributed by atoms with van der Waals surface area (Å²) < 4.78 is 6.23. The molecule has 0 spiro atoms. The Morgan fingerprint density at radius 1 is 0.365 bits per heavy atom. The molecule has 52 heavy (non-hydrogen) atoms. The summed E-state index contributed by atoms with van der Waals surface area (Å²) in [6.07, 6.45) is 0. The van der Waals surface area contributed by atoms with Crippen LogP contribution in [0, 0.1) is 0 Å². The van der Waals surface area contributed by atoms with Gasteiger partial charge in [-0.1, -0.05) is 170 Å². The molecule has 1 atom stereocenters. The van der Waals surface area contributed by atoms with Crippen LogP contribution < -0.4 is 0 Å². The lowest BCUT2D eigenvalue weighted by Crippen LogP contribution is -2.03. The Hall–Kier alpha value is -6.77. The third-order valence-electron chi connectivity index (χ3n) is 10.4. The molecule has 0 bridgehead atoms. The third-order valence-corrected chi connectivity index (χ3v) is 10.4. The highest BCUT2D eigenvalue weighted by molar-refractivity contribution is 6.18. The molecule has 0 aliphatic heterocycles. The lowest BCUT2D eigenvalue weighted by Gasteiger charge is -2.20. The van der Waals surface area contributed by atoms with Crippen molar-refractivity contribution in [1.82, 2.24) is 4.98 Å². The molecule has 1 heterocycles. The maximum Gasteiger partial charge on any atom is 0.227 e. The van der Waals surface area contributed by atoms with E-state index in [-0.39, 0.29) is 5.92 Å². The predicted octanol–water partition coefficient (Wildman–Crippen LogP) is 13.5. The zero-order valence-electron chi connectivity index (χ0n) is 28.4. The van der Waals surface area contributed by atoms with Crippen molar-refractivity contribution < 1.29 is 4.42 Å². The molecule has 10 rings (SSSR count). The van der Waals surface area contributed by atoms with Crippen molar-refractivity contribution in [3.63, 3.8) is 0 Å². The van der Waals surface area contributed by atoms with Gasteiger partial charge in [-0.15, -0.1) is 0 Å². The Morgan fingerprint density at radius 3 is 1.63 bits per heavy atom. The summed E-state index contributed by atoms with van der Waals surface area (Å²) in [7, 11) is 0. The van der Waals surface area contributed by atoms with E-state index in [0.717, 1.165) is 27.4 Å². The van der Waals surface area contributed by atoms with E-state index >= 15 is 0 Å². The second-order valence-electron chi connectivity index (χ2n) is 13.5. The number of fused-ring (bicyclic) bond motifs is 6. The van der Waals surface area contributed by atoms with Crippen molar-refractivity contribution in [1.29, 1.82) is 0 Å². The number of oxazole rings is 1. The Balaban J connectivity index is 1.03. The van der Waals surface area contributed by atoms with Crippen molar-refractivity contribution in [2.75, 3.05) is 0 Å². The molecule has 244 valence electrons. The molecule has 2 nitrogen and oxygen atoms in total. The number of aromatic nitrogens is 1. The topological polar surface area (TPSA) is 26.0 Å².